The van der Waals surface area contributed by atoms with Crippen LogP contribution in [0.4, 0.5) is 0 Å². The molecule has 8 nitrogen and oxygen atoms in total. The Bertz CT molecular complexity index is 709. The number of methoxy groups -OCH3 is 1. The Kier molecular flexibility index (Phi) is 4.77. The van der Waals surface area contributed by atoms with E-state index in [-0.39, 0.29) is 6.61 Å². The van der Waals surface area contributed by atoms with Crippen LogP contribution in [0.3, 0.4) is 0 Å². The summed E-state index contributed by atoms with van der Waals surface area (Å²) in [5, 5.41) is 4.08. The molecule has 2 aromatic rings. The molecule has 24 heavy (non-hydrogen) atoms. The fraction of sp³-hybridized carbons (Fsp3) is 0.438. The van der Waals surface area contributed by atoms with Crippen LogP contribution in [0.15, 0.2) is 28.8 Å². The van der Waals surface area contributed by atoms with Gasteiger partial charge in [0.1, 0.15) is 11.4 Å². The zero-order chi connectivity index (χ0) is 17.0. The van der Waals surface area contributed by atoms with Crippen molar-refractivity contribution in [3.8, 4) is 17.2 Å². The molecule has 128 valence electrons. The maximum Gasteiger partial charge on any atom is 0.258 e. The summed E-state index contributed by atoms with van der Waals surface area (Å²) >= 11 is 0. The Morgan fingerprint density at radius 3 is 2.88 bits per heavy atom. The van der Waals surface area contributed by atoms with Crippen molar-refractivity contribution in [2.45, 2.75) is 18.4 Å². The second kappa shape index (κ2) is 6.98. The van der Waals surface area contributed by atoms with Crippen molar-refractivity contribution < 1.29 is 23.5 Å². The minimum absolute atomic E-state index is 0.189. The third-order valence-corrected chi connectivity index (χ3v) is 3.99. The van der Waals surface area contributed by atoms with E-state index >= 15 is 0 Å². The van der Waals surface area contributed by atoms with Gasteiger partial charge in [0.25, 0.3) is 11.8 Å². The lowest BCUT2D eigenvalue weighted by molar-refractivity contribution is -0.119. The van der Waals surface area contributed by atoms with E-state index in [0.717, 1.165) is 0 Å². The summed E-state index contributed by atoms with van der Waals surface area (Å²) in [7, 11) is 1.64. The van der Waals surface area contributed by atoms with Gasteiger partial charge in [-0.1, -0.05) is 11.2 Å². The van der Waals surface area contributed by atoms with Gasteiger partial charge in [0.05, 0.1) is 0 Å². The van der Waals surface area contributed by atoms with Gasteiger partial charge >= 0.3 is 0 Å². The average molecular weight is 333 g/mol. The van der Waals surface area contributed by atoms with Crippen LogP contribution < -0.4 is 10.5 Å². The summed E-state index contributed by atoms with van der Waals surface area (Å²) in [4.78, 5) is 15.3. The molecule has 2 heterocycles. The van der Waals surface area contributed by atoms with E-state index in [0.29, 0.717) is 49.1 Å². The number of aromatic nitrogens is 2. The first kappa shape index (κ1) is 16.4. The Morgan fingerprint density at radius 2 is 2.17 bits per heavy atom. The molecule has 0 spiro atoms. The summed E-state index contributed by atoms with van der Waals surface area (Å²) in [6, 6.07) is 7.02. The van der Waals surface area contributed by atoms with Gasteiger partial charge in [0.15, 0.2) is 6.61 Å². The Hall–Kier alpha value is -2.45. The first-order chi connectivity index (χ1) is 11.6. The Morgan fingerprint density at radius 1 is 1.38 bits per heavy atom. The molecule has 1 aromatic carbocycles. The van der Waals surface area contributed by atoms with Crippen LogP contribution in [-0.2, 0) is 19.9 Å². The van der Waals surface area contributed by atoms with E-state index in [1.807, 2.05) is 6.07 Å². The van der Waals surface area contributed by atoms with Gasteiger partial charge < -0.3 is 24.5 Å². The van der Waals surface area contributed by atoms with Gasteiger partial charge in [-0.05, 0) is 18.2 Å². The van der Waals surface area contributed by atoms with Crippen molar-refractivity contribution in [3.05, 3.63) is 30.1 Å². The van der Waals surface area contributed by atoms with Gasteiger partial charge in [0.2, 0.25) is 5.82 Å². The Balaban J connectivity index is 1.82. The monoisotopic (exact) mass is 333 g/mol. The number of benzene rings is 1. The minimum atomic E-state index is -0.583. The quantitative estimate of drug-likeness (QED) is 0.847. The van der Waals surface area contributed by atoms with E-state index in [4.69, 9.17) is 24.5 Å². The third-order valence-electron chi connectivity index (χ3n) is 3.99. The summed E-state index contributed by atoms with van der Waals surface area (Å²) in [5.41, 5.74) is 5.18. The molecular weight excluding hydrogens is 314 g/mol. The highest BCUT2D eigenvalue weighted by Crippen LogP contribution is 2.35. The van der Waals surface area contributed by atoms with Crippen LogP contribution in [0.1, 0.15) is 18.7 Å². The van der Waals surface area contributed by atoms with E-state index in [1.54, 1.807) is 25.3 Å². The summed E-state index contributed by atoms with van der Waals surface area (Å²) in [5.74, 6) is 0.824. The molecule has 0 aliphatic carbocycles. The SMILES string of the molecule is COC1(c2noc(-c3cccc(OCC(N)=O)c3)n2)CCOCC1. The van der Waals surface area contributed by atoms with Gasteiger partial charge in [-0.25, -0.2) is 0 Å². The summed E-state index contributed by atoms with van der Waals surface area (Å²) < 4.78 is 21.7. The fourth-order valence-electron chi connectivity index (χ4n) is 2.62. The number of rotatable bonds is 6. The highest BCUT2D eigenvalue weighted by molar-refractivity contribution is 5.75. The lowest BCUT2D eigenvalue weighted by atomic mass is 9.93. The standard InChI is InChI=1S/C16H19N3O5/c1-21-16(5-7-22-8-6-16)15-18-14(24-19-15)11-3-2-4-12(9-11)23-10-13(17)20/h2-4,9H,5-8,10H2,1H3,(H2,17,20). The van der Waals surface area contributed by atoms with Crippen molar-refractivity contribution >= 4 is 5.91 Å². The van der Waals surface area contributed by atoms with E-state index in [1.165, 1.54) is 0 Å². The molecule has 1 amide bonds. The van der Waals surface area contributed by atoms with Crippen molar-refractivity contribution in [2.24, 2.45) is 5.73 Å². The molecule has 1 aliphatic rings. The number of ether oxygens (including phenoxy) is 3. The second-order valence-electron chi connectivity index (χ2n) is 5.52. The van der Waals surface area contributed by atoms with Crippen molar-refractivity contribution in [1.29, 1.82) is 0 Å². The molecule has 2 N–H and O–H groups in total. The van der Waals surface area contributed by atoms with Crippen molar-refractivity contribution in [2.75, 3.05) is 26.9 Å². The normalized spacial score (nSPS) is 16.7. The van der Waals surface area contributed by atoms with Crippen LogP contribution >= 0.6 is 0 Å². The molecule has 3 rings (SSSR count). The fourth-order valence-corrected chi connectivity index (χ4v) is 2.62. The molecule has 8 heteroatoms. The second-order valence-corrected chi connectivity index (χ2v) is 5.52. The number of amides is 1. The van der Waals surface area contributed by atoms with Gasteiger partial charge in [-0.2, -0.15) is 4.98 Å². The molecule has 1 aliphatic heterocycles. The van der Waals surface area contributed by atoms with Gasteiger partial charge in [-0.3, -0.25) is 4.79 Å². The third kappa shape index (κ3) is 3.39. The smallest absolute Gasteiger partial charge is 0.258 e. The number of nitrogens with two attached hydrogens (primary N) is 1. The van der Waals surface area contributed by atoms with Gasteiger partial charge in [-0.15, -0.1) is 0 Å². The predicted octanol–water partition coefficient (Wildman–Crippen LogP) is 1.25. The predicted molar refractivity (Wildman–Crippen MR) is 83.2 cm³/mol. The molecule has 1 aromatic heterocycles. The summed E-state index contributed by atoms with van der Waals surface area (Å²) in [6.45, 7) is 0.994. The van der Waals surface area contributed by atoms with E-state index < -0.39 is 11.5 Å². The number of nitrogens with zero attached hydrogens (tertiary/aromatic N) is 2. The number of hydrogen-bond acceptors (Lipinski definition) is 7. The molecule has 1 saturated heterocycles. The lowest BCUT2D eigenvalue weighted by Crippen LogP contribution is -2.36. The summed E-state index contributed by atoms with van der Waals surface area (Å²) in [6.07, 6.45) is 1.34. The first-order valence-electron chi connectivity index (χ1n) is 7.61. The highest BCUT2D eigenvalue weighted by Gasteiger charge is 2.39. The largest absolute Gasteiger partial charge is 0.484 e. The Labute approximate surface area is 138 Å². The maximum absolute atomic E-state index is 10.8. The van der Waals surface area contributed by atoms with Crippen LogP contribution in [0, 0.1) is 0 Å². The van der Waals surface area contributed by atoms with E-state index in [9.17, 15) is 4.79 Å². The number of carbonyl (C=O) groups is 1. The minimum Gasteiger partial charge on any atom is -0.484 e. The van der Waals surface area contributed by atoms with Crippen LogP contribution in [0.25, 0.3) is 11.5 Å². The molecule has 0 saturated carbocycles. The molecule has 1 fully saturated rings. The average Bonchev–Trinajstić information content (AvgIpc) is 3.11. The lowest BCUT2D eigenvalue weighted by Gasteiger charge is -2.32. The van der Waals surface area contributed by atoms with Gasteiger partial charge in [0, 0.05) is 38.7 Å². The number of carbonyl (C=O) groups excluding carboxylic acids is 1. The molecular formula is C16H19N3O5. The van der Waals surface area contributed by atoms with Crippen LogP contribution in [0.2, 0.25) is 0 Å². The zero-order valence-electron chi connectivity index (χ0n) is 13.4. The first-order valence-corrected chi connectivity index (χ1v) is 7.61. The molecule has 0 atom stereocenters. The van der Waals surface area contributed by atoms with Crippen molar-refractivity contribution in [3.63, 3.8) is 0 Å². The molecule has 0 unspecified atom stereocenters. The highest BCUT2D eigenvalue weighted by atomic mass is 16.5. The van der Waals surface area contributed by atoms with E-state index in [2.05, 4.69) is 10.1 Å². The molecule has 0 bridgehead atoms. The number of primary amides is 1. The van der Waals surface area contributed by atoms with Crippen LogP contribution in [-0.4, -0.2) is 43.0 Å². The number of hydrogen-bond donors (Lipinski definition) is 1. The molecule has 0 radical (unpaired) electrons. The zero-order valence-corrected chi connectivity index (χ0v) is 13.4. The van der Waals surface area contributed by atoms with Crippen molar-refractivity contribution in [1.82, 2.24) is 10.1 Å². The van der Waals surface area contributed by atoms with Crippen LogP contribution in [0.5, 0.6) is 5.75 Å². The topological polar surface area (TPSA) is 110 Å². The maximum atomic E-state index is 10.8.